The van der Waals surface area contributed by atoms with Gasteiger partial charge in [0, 0.05) is 11.5 Å². The fourth-order valence-electron chi connectivity index (χ4n) is 2.74. The number of aliphatic hydroxyl groups is 1. The molecule has 0 radical (unpaired) electrons. The summed E-state index contributed by atoms with van der Waals surface area (Å²) >= 11 is 0. The molecule has 1 unspecified atom stereocenters. The van der Waals surface area contributed by atoms with Gasteiger partial charge in [-0.25, -0.2) is 0 Å². The molecule has 2 heteroatoms. The summed E-state index contributed by atoms with van der Waals surface area (Å²) < 4.78 is 0. The Hall–Kier alpha value is -0.860. The molecule has 1 fully saturated rings. The molecule has 0 aliphatic heterocycles. The Morgan fingerprint density at radius 3 is 2.11 bits per heavy atom. The standard InChI is InChI=1S/C16H25NO/c1-15(2,3)13-7-5-12(6-8-13)14(17)16(11-18)9-4-10-16/h5-8,14,18H,4,9-11,17H2,1-3H3. The number of hydrogen-bond donors (Lipinski definition) is 2. The van der Waals surface area contributed by atoms with Crippen LogP contribution in [-0.2, 0) is 5.41 Å². The van der Waals surface area contributed by atoms with Crippen molar-refractivity contribution in [1.29, 1.82) is 0 Å². The molecule has 0 bridgehead atoms. The van der Waals surface area contributed by atoms with Gasteiger partial charge in [-0.2, -0.15) is 0 Å². The van der Waals surface area contributed by atoms with E-state index < -0.39 is 0 Å². The highest BCUT2D eigenvalue weighted by atomic mass is 16.3. The van der Waals surface area contributed by atoms with E-state index in [0.717, 1.165) is 18.4 Å². The number of aliphatic hydroxyl groups excluding tert-OH is 1. The van der Waals surface area contributed by atoms with Crippen molar-refractivity contribution in [2.24, 2.45) is 11.1 Å². The van der Waals surface area contributed by atoms with Crippen molar-refractivity contribution >= 4 is 0 Å². The van der Waals surface area contributed by atoms with Crippen LogP contribution in [0.3, 0.4) is 0 Å². The van der Waals surface area contributed by atoms with Crippen LogP contribution >= 0.6 is 0 Å². The van der Waals surface area contributed by atoms with Gasteiger partial charge in [-0.05, 0) is 29.4 Å². The van der Waals surface area contributed by atoms with Gasteiger partial charge in [0.1, 0.15) is 0 Å². The lowest BCUT2D eigenvalue weighted by Gasteiger charge is -2.45. The molecule has 0 spiro atoms. The van der Waals surface area contributed by atoms with E-state index in [9.17, 15) is 5.11 Å². The first-order valence-corrected chi connectivity index (χ1v) is 6.86. The third-order valence-electron chi connectivity index (χ3n) is 4.46. The Bertz CT molecular complexity index is 393. The van der Waals surface area contributed by atoms with E-state index in [-0.39, 0.29) is 23.5 Å². The number of rotatable bonds is 3. The molecule has 2 nitrogen and oxygen atoms in total. The van der Waals surface area contributed by atoms with E-state index in [1.807, 2.05) is 0 Å². The summed E-state index contributed by atoms with van der Waals surface area (Å²) in [4.78, 5) is 0. The van der Waals surface area contributed by atoms with Gasteiger partial charge < -0.3 is 10.8 Å². The summed E-state index contributed by atoms with van der Waals surface area (Å²) in [6.07, 6.45) is 3.28. The zero-order valence-electron chi connectivity index (χ0n) is 11.7. The van der Waals surface area contributed by atoms with E-state index in [0.29, 0.717) is 0 Å². The topological polar surface area (TPSA) is 46.2 Å². The summed E-state index contributed by atoms with van der Waals surface area (Å²) in [5, 5.41) is 9.57. The summed E-state index contributed by atoms with van der Waals surface area (Å²) in [6, 6.07) is 8.55. The number of hydrogen-bond acceptors (Lipinski definition) is 2. The second-order valence-corrected chi connectivity index (χ2v) is 6.72. The molecule has 0 amide bonds. The predicted octanol–water partition coefficient (Wildman–Crippen LogP) is 3.15. The van der Waals surface area contributed by atoms with Gasteiger partial charge in [0.2, 0.25) is 0 Å². The zero-order valence-corrected chi connectivity index (χ0v) is 11.7. The normalized spacial score (nSPS) is 20.3. The molecule has 1 atom stereocenters. The third kappa shape index (κ3) is 2.32. The first-order chi connectivity index (χ1) is 8.39. The second-order valence-electron chi connectivity index (χ2n) is 6.72. The lowest BCUT2D eigenvalue weighted by molar-refractivity contribution is 0.0184. The Morgan fingerprint density at radius 1 is 1.22 bits per heavy atom. The van der Waals surface area contributed by atoms with Gasteiger partial charge in [0.05, 0.1) is 6.61 Å². The molecule has 1 saturated carbocycles. The van der Waals surface area contributed by atoms with Crippen LogP contribution < -0.4 is 5.73 Å². The molecular formula is C16H25NO. The van der Waals surface area contributed by atoms with Crippen molar-refractivity contribution in [3.05, 3.63) is 35.4 Å². The molecule has 0 aromatic heterocycles. The second kappa shape index (κ2) is 4.67. The Labute approximate surface area is 110 Å². The molecular weight excluding hydrogens is 222 g/mol. The molecule has 0 heterocycles. The summed E-state index contributed by atoms with van der Waals surface area (Å²) in [5.41, 5.74) is 8.93. The molecule has 18 heavy (non-hydrogen) atoms. The maximum atomic E-state index is 9.57. The first-order valence-electron chi connectivity index (χ1n) is 6.86. The Balaban J connectivity index is 2.19. The molecule has 1 aromatic rings. The highest BCUT2D eigenvalue weighted by Gasteiger charge is 2.42. The van der Waals surface area contributed by atoms with E-state index in [1.165, 1.54) is 12.0 Å². The summed E-state index contributed by atoms with van der Waals surface area (Å²) in [5.74, 6) is 0. The van der Waals surface area contributed by atoms with Crippen LogP contribution in [0.25, 0.3) is 0 Å². The average Bonchev–Trinajstić information content (AvgIpc) is 2.27. The fraction of sp³-hybridized carbons (Fsp3) is 0.625. The Morgan fingerprint density at radius 2 is 1.78 bits per heavy atom. The van der Waals surface area contributed by atoms with Gasteiger partial charge in [-0.1, -0.05) is 51.5 Å². The zero-order chi connectivity index (χ0) is 13.4. The molecule has 2 rings (SSSR count). The Kier molecular flexibility index (Phi) is 3.52. The summed E-state index contributed by atoms with van der Waals surface area (Å²) in [6.45, 7) is 6.84. The van der Waals surface area contributed by atoms with Crippen molar-refractivity contribution < 1.29 is 5.11 Å². The molecule has 3 N–H and O–H groups in total. The van der Waals surface area contributed by atoms with E-state index in [1.54, 1.807) is 0 Å². The molecule has 0 saturated heterocycles. The summed E-state index contributed by atoms with van der Waals surface area (Å²) in [7, 11) is 0. The highest BCUT2D eigenvalue weighted by molar-refractivity contribution is 5.30. The minimum Gasteiger partial charge on any atom is -0.396 e. The van der Waals surface area contributed by atoms with Crippen LogP contribution in [0, 0.1) is 5.41 Å². The highest BCUT2D eigenvalue weighted by Crippen LogP contribution is 2.48. The number of nitrogens with two attached hydrogens (primary N) is 1. The molecule has 1 aromatic carbocycles. The molecule has 1 aliphatic rings. The van der Waals surface area contributed by atoms with Gasteiger partial charge in [0.25, 0.3) is 0 Å². The van der Waals surface area contributed by atoms with E-state index in [2.05, 4.69) is 45.0 Å². The van der Waals surface area contributed by atoms with Gasteiger partial charge in [-0.15, -0.1) is 0 Å². The van der Waals surface area contributed by atoms with Crippen molar-refractivity contribution in [3.8, 4) is 0 Å². The van der Waals surface area contributed by atoms with E-state index >= 15 is 0 Å². The predicted molar refractivity (Wildman–Crippen MR) is 75.4 cm³/mol. The minimum absolute atomic E-state index is 0.0368. The van der Waals surface area contributed by atoms with Crippen molar-refractivity contribution in [2.75, 3.05) is 6.61 Å². The SMILES string of the molecule is CC(C)(C)c1ccc(C(N)C2(CO)CCC2)cc1. The van der Waals surface area contributed by atoms with Gasteiger partial charge in [0.15, 0.2) is 0 Å². The lowest BCUT2D eigenvalue weighted by Crippen LogP contribution is -2.43. The van der Waals surface area contributed by atoms with Gasteiger partial charge >= 0.3 is 0 Å². The van der Waals surface area contributed by atoms with Crippen LogP contribution in [0.5, 0.6) is 0 Å². The quantitative estimate of drug-likeness (QED) is 0.862. The maximum Gasteiger partial charge on any atom is 0.0505 e. The van der Waals surface area contributed by atoms with Crippen molar-refractivity contribution in [2.45, 2.75) is 51.5 Å². The van der Waals surface area contributed by atoms with Crippen molar-refractivity contribution in [3.63, 3.8) is 0 Å². The van der Waals surface area contributed by atoms with Crippen LogP contribution in [-0.4, -0.2) is 11.7 Å². The molecule has 1 aliphatic carbocycles. The van der Waals surface area contributed by atoms with Crippen LogP contribution in [0.15, 0.2) is 24.3 Å². The van der Waals surface area contributed by atoms with E-state index in [4.69, 9.17) is 5.73 Å². The fourth-order valence-corrected chi connectivity index (χ4v) is 2.74. The van der Waals surface area contributed by atoms with Crippen molar-refractivity contribution in [1.82, 2.24) is 0 Å². The van der Waals surface area contributed by atoms with Crippen LogP contribution in [0.2, 0.25) is 0 Å². The van der Waals surface area contributed by atoms with Gasteiger partial charge in [-0.3, -0.25) is 0 Å². The molecule has 100 valence electrons. The number of benzene rings is 1. The smallest absolute Gasteiger partial charge is 0.0505 e. The minimum atomic E-state index is -0.0662. The largest absolute Gasteiger partial charge is 0.396 e. The van der Waals surface area contributed by atoms with Crippen LogP contribution in [0.4, 0.5) is 0 Å². The average molecular weight is 247 g/mol. The van der Waals surface area contributed by atoms with Crippen LogP contribution in [0.1, 0.15) is 57.2 Å². The lowest BCUT2D eigenvalue weighted by atomic mass is 9.63. The monoisotopic (exact) mass is 247 g/mol. The maximum absolute atomic E-state index is 9.57. The first kappa shape index (κ1) is 13.6. The third-order valence-corrected chi connectivity index (χ3v) is 4.46.